The number of aromatic amines is 4. The molecule has 5 aliphatic heterocycles. The second-order valence-electron chi connectivity index (χ2n) is 29.9. The molecule has 17 rings (SSSR count). The molecule has 5 aliphatic rings. The fourth-order valence-electron chi connectivity index (χ4n) is 12.1. The average molecular weight is 1320 g/mol. The maximum atomic E-state index is 12.5. The number of carboxylic acids is 1. The summed E-state index contributed by atoms with van der Waals surface area (Å²) in [5, 5.41) is 13.6. The third-order valence-corrected chi connectivity index (χ3v) is 20.4. The number of nitrogens with zero attached hydrogens (tertiary/aromatic N) is 18. The number of H-pyrrole nitrogens is 4. The zero-order valence-electron chi connectivity index (χ0n) is 55.7. The normalized spacial score (nSPS) is 13.9. The summed E-state index contributed by atoms with van der Waals surface area (Å²) in [7, 11) is 0. The minimum atomic E-state index is -1.28. The molecule has 0 fully saturated rings. The zero-order valence-corrected chi connectivity index (χ0v) is 57.3. The van der Waals surface area contributed by atoms with Gasteiger partial charge in [-0.1, -0.05) is 164 Å². The third-order valence-electron chi connectivity index (χ3n) is 17.7. The van der Waals surface area contributed by atoms with Crippen molar-refractivity contribution in [3.63, 3.8) is 0 Å². The summed E-state index contributed by atoms with van der Waals surface area (Å²) in [4.78, 5) is 123. The molecule has 14 heterocycles. The summed E-state index contributed by atoms with van der Waals surface area (Å²) in [6.45, 7) is 32.1. The molecule has 0 atom stereocenters. The van der Waals surface area contributed by atoms with Gasteiger partial charge >= 0.3 is 5.97 Å². The van der Waals surface area contributed by atoms with Gasteiger partial charge in [0.25, 0.3) is 0 Å². The summed E-state index contributed by atoms with van der Waals surface area (Å²) in [6.07, 6.45) is 4.60. The van der Waals surface area contributed by atoms with E-state index in [-0.39, 0.29) is 67.6 Å². The number of nitrogens with one attached hydrogen (secondary N) is 4. The van der Waals surface area contributed by atoms with Crippen LogP contribution >= 0.6 is 23.5 Å². The Hall–Kier alpha value is -10.7. The highest BCUT2D eigenvalue weighted by atomic mass is 32.2. The predicted octanol–water partition coefficient (Wildman–Crippen LogP) is 14.8. The number of aromatic nitrogens is 22. The second kappa shape index (κ2) is 20.4. The molecule has 0 spiro atoms. The number of carboxylic acid groups (broad SMARTS) is 1. The number of rotatable bonds is 1. The average Bonchev–Trinajstić information content (AvgIpc) is 1.57. The first-order valence-electron chi connectivity index (χ1n) is 31.7. The first-order valence-corrected chi connectivity index (χ1v) is 33.4. The number of thioether (sulfide) groups is 2. The largest absolute Gasteiger partial charge is 0.476 e. The van der Waals surface area contributed by atoms with Crippen LogP contribution in [0, 0.1) is 0 Å². The van der Waals surface area contributed by atoms with Gasteiger partial charge < -0.3 is 25.0 Å². The maximum absolute atomic E-state index is 12.5. The molecule has 0 amide bonds. The van der Waals surface area contributed by atoms with Gasteiger partial charge in [-0.3, -0.25) is 0 Å². The van der Waals surface area contributed by atoms with Crippen molar-refractivity contribution in [2.45, 2.75) is 141 Å². The van der Waals surface area contributed by atoms with Crippen LogP contribution in [0.2, 0.25) is 0 Å². The molecule has 480 valence electrons. The van der Waals surface area contributed by atoms with Crippen molar-refractivity contribution in [3.05, 3.63) is 119 Å². The highest BCUT2D eigenvalue weighted by Gasteiger charge is 2.37. The quantitative estimate of drug-likeness (QED) is 0.102. The minimum Gasteiger partial charge on any atom is -0.476 e. The van der Waals surface area contributed by atoms with E-state index in [0.717, 1.165) is 49.4 Å². The molecule has 12 aromatic rings. The molecule has 3 aromatic carbocycles. The van der Waals surface area contributed by atoms with Crippen molar-refractivity contribution >= 4 is 117 Å². The van der Waals surface area contributed by atoms with Crippen molar-refractivity contribution in [1.29, 1.82) is 0 Å². The topological polar surface area (TPSA) is 332 Å². The van der Waals surface area contributed by atoms with Crippen LogP contribution in [0.1, 0.15) is 154 Å². The van der Waals surface area contributed by atoms with Gasteiger partial charge in [0, 0.05) is 55.9 Å². The van der Waals surface area contributed by atoms with Crippen molar-refractivity contribution in [1.82, 2.24) is 110 Å². The molecule has 5 N–H and O–H groups in total. The Morgan fingerprint density at radius 2 is 0.722 bits per heavy atom. The summed E-state index contributed by atoms with van der Waals surface area (Å²) < 4.78 is 0. The molecule has 0 saturated heterocycles. The van der Waals surface area contributed by atoms with Crippen molar-refractivity contribution in [2.24, 2.45) is 0 Å². The smallest absolute Gasteiger partial charge is 0.356 e. The van der Waals surface area contributed by atoms with Gasteiger partial charge in [0.15, 0.2) is 63.6 Å². The number of fused-ring (bicyclic) bond motifs is 39. The number of hydrogen-bond donors (Lipinski definition) is 5. The van der Waals surface area contributed by atoms with Crippen molar-refractivity contribution in [2.75, 3.05) is 0 Å². The number of aromatic carboxylic acids is 1. The lowest BCUT2D eigenvalue weighted by Crippen LogP contribution is -2.14. The molecule has 26 heteroatoms. The highest BCUT2D eigenvalue weighted by molar-refractivity contribution is 8.16. The van der Waals surface area contributed by atoms with Gasteiger partial charge in [0.2, 0.25) is 0 Å². The van der Waals surface area contributed by atoms with E-state index in [1.807, 2.05) is 20.8 Å². The number of carbonyl (C=O) groups is 1. The van der Waals surface area contributed by atoms with Gasteiger partial charge in [-0.15, -0.1) is 0 Å². The van der Waals surface area contributed by atoms with E-state index < -0.39 is 16.8 Å². The van der Waals surface area contributed by atoms with E-state index in [0.29, 0.717) is 111 Å². The monoisotopic (exact) mass is 1320 g/mol. The van der Waals surface area contributed by atoms with Crippen LogP contribution in [0.3, 0.4) is 0 Å². The van der Waals surface area contributed by atoms with E-state index in [2.05, 4.69) is 168 Å². The maximum Gasteiger partial charge on any atom is 0.356 e. The van der Waals surface area contributed by atoms with Gasteiger partial charge in [-0.05, 0) is 51.1 Å². The zero-order chi connectivity index (χ0) is 67.5. The second-order valence-corrected chi connectivity index (χ2v) is 32.0. The molecular weight excluding hydrogens is 1260 g/mol. The number of benzene rings is 3. The Bertz CT molecular complexity index is 5990. The van der Waals surface area contributed by atoms with E-state index in [9.17, 15) is 9.90 Å². The Labute approximate surface area is 561 Å². The van der Waals surface area contributed by atoms with Crippen LogP contribution in [-0.4, -0.2) is 121 Å². The van der Waals surface area contributed by atoms with Crippen molar-refractivity contribution < 1.29 is 9.90 Å². The third kappa shape index (κ3) is 9.83. The Morgan fingerprint density at radius 3 is 1.21 bits per heavy atom. The van der Waals surface area contributed by atoms with E-state index in [1.165, 1.54) is 29.7 Å². The fourth-order valence-corrected chi connectivity index (χ4v) is 14.5. The standard InChI is InChI=1S/C71H62N22O2S2/c1-67(2,3)28-16-19-31-34(22-28)53-78-50(31)79-54-35-23-29(68(4,5)6)18-21-33(35)52(82-54)83-62-46-47(63(92-62)84-55-36-24-30(69(7,8)9)17-20-32(36)51(80-53)81-55)97-48-49(96-46)65-91-61-45-41(73-26-39(77-45)71(13,14)15)57(88-61)86-59-43-40(72-25-37(75-43)66(94)95)56(85-59)87-60-44-42(58(89-60)90-64(48)93-65)74-27-38(76-44)70(10,11)12/h16-27H,1-15H3,(H,94,95)(H2,78,79,80,81,82,83,84,92)(H2,85,86,87,88,89,90,91,93). The highest BCUT2D eigenvalue weighted by Crippen LogP contribution is 2.58. The van der Waals surface area contributed by atoms with Crippen LogP contribution in [-0.2, 0) is 27.1 Å². The molecule has 0 radical (unpaired) electrons. The SMILES string of the molecule is CC(C)(C)c1ccc2c(c1)-c1nc-2nc2[nH]c(nc3nc(nc4[nH]c(n1)c1ccc(C(C)(C)C)cc41)C1=C3Sc3c(c4nc5nc(nc6[nH]c(nc7nc(nc3[nH]4)-c3nc(C(C)(C)C)cnc3-7)c3nc(C(=O)O)cnc63)-c3nc(C(C)(C)C)cnc3-5)S1)c1ccc(C(C)(C)C)cc21. The molecule has 24 nitrogen and oxygen atoms in total. The lowest BCUT2D eigenvalue weighted by atomic mass is 9.85. The Morgan fingerprint density at radius 1 is 0.340 bits per heavy atom. The fraction of sp³-hybridized carbons (Fsp3) is 0.282. The van der Waals surface area contributed by atoms with Crippen LogP contribution < -0.4 is 0 Å². The molecule has 97 heavy (non-hydrogen) atoms. The number of hydrogen-bond acceptors (Lipinski definition) is 21. The van der Waals surface area contributed by atoms with Gasteiger partial charge in [0.1, 0.15) is 67.7 Å². The molecule has 16 bridgehead atoms. The van der Waals surface area contributed by atoms with Crippen LogP contribution in [0.15, 0.2) is 83.0 Å². The minimum absolute atomic E-state index is 0.108. The molecule has 0 aliphatic carbocycles. The summed E-state index contributed by atoms with van der Waals surface area (Å²) >= 11 is 2.84. The van der Waals surface area contributed by atoms with Gasteiger partial charge in [0.05, 0.1) is 37.2 Å². The predicted molar refractivity (Wildman–Crippen MR) is 376 cm³/mol. The molecular formula is C71H62N22O2S2. The van der Waals surface area contributed by atoms with Gasteiger partial charge in [-0.2, -0.15) is 0 Å². The van der Waals surface area contributed by atoms with Crippen LogP contribution in [0.4, 0.5) is 0 Å². The van der Waals surface area contributed by atoms with Gasteiger partial charge in [-0.25, -0.2) is 94.5 Å². The molecule has 9 aromatic heterocycles. The summed E-state index contributed by atoms with van der Waals surface area (Å²) in [5.74, 6) is 1.21. The summed E-state index contributed by atoms with van der Waals surface area (Å²) in [6, 6.07) is 19.3. The van der Waals surface area contributed by atoms with E-state index in [4.69, 9.17) is 79.7 Å². The Balaban J connectivity index is 0.974. The van der Waals surface area contributed by atoms with Crippen molar-refractivity contribution in [3.8, 4) is 68.8 Å². The summed E-state index contributed by atoms with van der Waals surface area (Å²) in [5.41, 5.74) is 9.70. The lowest BCUT2D eigenvalue weighted by molar-refractivity contribution is 0.0690. The lowest BCUT2D eigenvalue weighted by Gasteiger charge is -2.19. The van der Waals surface area contributed by atoms with E-state index in [1.54, 1.807) is 12.4 Å². The molecule has 0 saturated carbocycles. The Kier molecular flexibility index (Phi) is 12.6. The van der Waals surface area contributed by atoms with Crippen LogP contribution in [0.25, 0.3) is 156 Å². The first kappa shape index (κ1) is 60.0. The first-order chi connectivity index (χ1) is 45.9. The molecule has 0 unspecified atom stereocenters. The van der Waals surface area contributed by atoms with E-state index >= 15 is 0 Å². The van der Waals surface area contributed by atoms with Crippen LogP contribution in [0.5, 0.6) is 0 Å².